The molecule has 0 spiro atoms. The third kappa shape index (κ3) is 2.07. The van der Waals surface area contributed by atoms with Crippen LogP contribution in [-0.2, 0) is 10.6 Å². The second-order valence-electron chi connectivity index (χ2n) is 5.11. The van der Waals surface area contributed by atoms with Crippen molar-refractivity contribution in [1.82, 2.24) is 9.55 Å². The van der Waals surface area contributed by atoms with Gasteiger partial charge in [0.1, 0.15) is 17.4 Å². The molecular weight excluding hydrogens is 274 g/mol. The lowest BCUT2D eigenvalue weighted by Gasteiger charge is -2.22. The van der Waals surface area contributed by atoms with Crippen molar-refractivity contribution in [3.05, 3.63) is 29.6 Å². The largest absolute Gasteiger partial charge is 0.376 e. The molecule has 5 heteroatoms. The molecule has 0 bridgehead atoms. The average molecular weight is 290 g/mol. The molecule has 1 aliphatic heterocycles. The van der Waals surface area contributed by atoms with Gasteiger partial charge >= 0.3 is 0 Å². The van der Waals surface area contributed by atoms with E-state index in [1.807, 2.05) is 12.1 Å². The van der Waals surface area contributed by atoms with Crippen LogP contribution in [0.1, 0.15) is 37.2 Å². The van der Waals surface area contributed by atoms with Crippen LogP contribution in [0.3, 0.4) is 0 Å². The van der Waals surface area contributed by atoms with Gasteiger partial charge in [0.05, 0.1) is 29.1 Å². The van der Waals surface area contributed by atoms with Crippen molar-refractivity contribution in [3.8, 4) is 6.07 Å². The zero-order valence-corrected chi connectivity index (χ0v) is 12.1. The van der Waals surface area contributed by atoms with Crippen molar-refractivity contribution in [3.63, 3.8) is 0 Å². The molecule has 2 aromatic rings. The van der Waals surface area contributed by atoms with Crippen LogP contribution in [-0.4, -0.2) is 22.3 Å². The number of fused-ring (bicyclic) bond motifs is 1. The van der Waals surface area contributed by atoms with Gasteiger partial charge in [0.25, 0.3) is 0 Å². The standard InChI is InChI=1S/C15H16ClN3O/c1-10(13-6-3-7-20-13)19-12-5-2-4-11(9-17)15(12)18-14(19)8-16/h2,4-5,10,13H,3,6-8H2,1H3. The van der Waals surface area contributed by atoms with Crippen LogP contribution < -0.4 is 0 Å². The number of benzene rings is 1. The van der Waals surface area contributed by atoms with Gasteiger partial charge in [-0.05, 0) is 31.9 Å². The minimum atomic E-state index is 0.171. The minimum absolute atomic E-state index is 0.171. The van der Waals surface area contributed by atoms with E-state index in [1.165, 1.54) is 0 Å². The Labute approximate surface area is 122 Å². The van der Waals surface area contributed by atoms with Crippen LogP contribution >= 0.6 is 11.6 Å². The molecule has 4 nitrogen and oxygen atoms in total. The fraction of sp³-hybridized carbons (Fsp3) is 0.467. The highest BCUT2D eigenvalue weighted by Gasteiger charge is 2.27. The van der Waals surface area contributed by atoms with E-state index in [9.17, 15) is 5.26 Å². The second kappa shape index (κ2) is 5.43. The molecule has 0 saturated carbocycles. The Balaban J connectivity index is 2.15. The summed E-state index contributed by atoms with van der Waals surface area (Å²) >= 11 is 6.04. The zero-order chi connectivity index (χ0) is 14.1. The molecule has 2 unspecified atom stereocenters. The fourth-order valence-corrected chi connectivity index (χ4v) is 3.14. The molecule has 2 atom stereocenters. The third-order valence-corrected chi connectivity index (χ3v) is 4.18. The van der Waals surface area contributed by atoms with Gasteiger partial charge in [-0.2, -0.15) is 5.26 Å². The number of rotatable bonds is 3. The first-order chi connectivity index (χ1) is 9.76. The van der Waals surface area contributed by atoms with Gasteiger partial charge < -0.3 is 9.30 Å². The molecule has 1 aliphatic rings. The first kappa shape index (κ1) is 13.4. The molecule has 2 heterocycles. The number of ether oxygens (including phenoxy) is 1. The summed E-state index contributed by atoms with van der Waals surface area (Å²) in [5.74, 6) is 1.13. The van der Waals surface area contributed by atoms with E-state index in [0.29, 0.717) is 11.4 Å². The Kier molecular flexibility index (Phi) is 3.64. The number of nitriles is 1. The molecule has 1 fully saturated rings. The van der Waals surface area contributed by atoms with Gasteiger partial charge in [0.2, 0.25) is 0 Å². The maximum absolute atomic E-state index is 9.20. The highest BCUT2D eigenvalue weighted by atomic mass is 35.5. The van der Waals surface area contributed by atoms with Crippen molar-refractivity contribution in [2.45, 2.75) is 37.8 Å². The SMILES string of the molecule is CC(C1CCCO1)n1c(CCl)nc2c(C#N)cccc21. The van der Waals surface area contributed by atoms with Crippen molar-refractivity contribution in [2.24, 2.45) is 0 Å². The molecule has 1 saturated heterocycles. The quantitative estimate of drug-likeness (QED) is 0.814. The van der Waals surface area contributed by atoms with Crippen LogP contribution in [0, 0.1) is 11.3 Å². The number of aromatic nitrogens is 2. The van der Waals surface area contributed by atoms with Crippen molar-refractivity contribution >= 4 is 22.6 Å². The summed E-state index contributed by atoms with van der Waals surface area (Å²) < 4.78 is 7.91. The molecule has 0 radical (unpaired) electrons. The summed E-state index contributed by atoms with van der Waals surface area (Å²) in [5, 5.41) is 9.20. The molecule has 20 heavy (non-hydrogen) atoms. The second-order valence-corrected chi connectivity index (χ2v) is 5.38. The predicted octanol–water partition coefficient (Wildman–Crippen LogP) is 3.39. The first-order valence-electron chi connectivity index (χ1n) is 6.83. The third-order valence-electron chi connectivity index (χ3n) is 3.94. The highest BCUT2D eigenvalue weighted by molar-refractivity contribution is 6.16. The van der Waals surface area contributed by atoms with Crippen LogP contribution in [0.15, 0.2) is 18.2 Å². The van der Waals surface area contributed by atoms with Crippen LogP contribution in [0.4, 0.5) is 0 Å². The summed E-state index contributed by atoms with van der Waals surface area (Å²) in [6.45, 7) is 2.95. The molecule has 3 rings (SSSR count). The van der Waals surface area contributed by atoms with E-state index in [0.717, 1.165) is 36.3 Å². The van der Waals surface area contributed by atoms with E-state index in [1.54, 1.807) is 6.07 Å². The Morgan fingerprint density at radius 1 is 1.60 bits per heavy atom. The summed E-state index contributed by atoms with van der Waals surface area (Å²) in [7, 11) is 0. The van der Waals surface area contributed by atoms with Crippen LogP contribution in [0.5, 0.6) is 0 Å². The van der Waals surface area contributed by atoms with Gasteiger partial charge in [0, 0.05) is 6.61 Å². The van der Waals surface area contributed by atoms with Crippen molar-refractivity contribution in [2.75, 3.05) is 6.61 Å². The zero-order valence-electron chi connectivity index (χ0n) is 11.3. The minimum Gasteiger partial charge on any atom is -0.376 e. The summed E-state index contributed by atoms with van der Waals surface area (Å²) in [4.78, 5) is 4.55. The van der Waals surface area contributed by atoms with E-state index in [2.05, 4.69) is 22.5 Å². The molecule has 1 aromatic carbocycles. The molecule has 1 aromatic heterocycles. The van der Waals surface area contributed by atoms with Gasteiger partial charge in [-0.15, -0.1) is 11.6 Å². The Morgan fingerprint density at radius 3 is 3.10 bits per heavy atom. The first-order valence-corrected chi connectivity index (χ1v) is 7.37. The normalized spacial score (nSPS) is 20.1. The van der Waals surface area contributed by atoms with Crippen molar-refractivity contribution < 1.29 is 4.74 Å². The lowest BCUT2D eigenvalue weighted by molar-refractivity contribution is 0.0738. The maximum atomic E-state index is 9.20. The van der Waals surface area contributed by atoms with Crippen LogP contribution in [0.2, 0.25) is 0 Å². The number of alkyl halides is 1. The van der Waals surface area contributed by atoms with Crippen molar-refractivity contribution in [1.29, 1.82) is 5.26 Å². The topological polar surface area (TPSA) is 50.8 Å². The van der Waals surface area contributed by atoms with E-state index >= 15 is 0 Å². The predicted molar refractivity (Wildman–Crippen MR) is 77.7 cm³/mol. The Hall–Kier alpha value is -1.57. The monoisotopic (exact) mass is 289 g/mol. The molecule has 0 amide bonds. The van der Waals surface area contributed by atoms with Crippen LogP contribution in [0.25, 0.3) is 11.0 Å². The number of imidazole rings is 1. The number of hydrogen-bond acceptors (Lipinski definition) is 3. The Morgan fingerprint density at radius 2 is 2.45 bits per heavy atom. The number of halogens is 1. The molecule has 104 valence electrons. The summed E-state index contributed by atoms with van der Waals surface area (Å²) in [5.41, 5.74) is 2.28. The lowest BCUT2D eigenvalue weighted by atomic mass is 10.1. The molecule has 0 N–H and O–H groups in total. The van der Waals surface area contributed by atoms with Gasteiger partial charge in [0.15, 0.2) is 0 Å². The van der Waals surface area contributed by atoms with E-state index in [4.69, 9.17) is 16.3 Å². The fourth-order valence-electron chi connectivity index (χ4n) is 2.95. The smallest absolute Gasteiger partial charge is 0.125 e. The average Bonchev–Trinajstić information content (AvgIpc) is 3.12. The molecule has 0 aliphatic carbocycles. The van der Waals surface area contributed by atoms with Gasteiger partial charge in [-0.3, -0.25) is 0 Å². The highest BCUT2D eigenvalue weighted by Crippen LogP contribution is 2.30. The maximum Gasteiger partial charge on any atom is 0.125 e. The van der Waals surface area contributed by atoms with E-state index in [-0.39, 0.29) is 12.1 Å². The number of nitrogens with zero attached hydrogens (tertiary/aromatic N) is 3. The van der Waals surface area contributed by atoms with Gasteiger partial charge in [-0.25, -0.2) is 4.98 Å². The number of hydrogen-bond donors (Lipinski definition) is 0. The summed E-state index contributed by atoms with van der Waals surface area (Å²) in [6.07, 6.45) is 2.35. The molecular formula is C15H16ClN3O. The number of para-hydroxylation sites is 1. The lowest BCUT2D eigenvalue weighted by Crippen LogP contribution is -2.22. The summed E-state index contributed by atoms with van der Waals surface area (Å²) in [6, 6.07) is 8.03. The van der Waals surface area contributed by atoms with E-state index < -0.39 is 0 Å². The van der Waals surface area contributed by atoms with Gasteiger partial charge in [-0.1, -0.05) is 6.07 Å². The Bertz CT molecular complexity index is 668.